The van der Waals surface area contributed by atoms with E-state index in [9.17, 15) is 4.79 Å². The van der Waals surface area contributed by atoms with Gasteiger partial charge in [0, 0.05) is 10.0 Å². The molecule has 5 heteroatoms. The first-order valence-electron chi connectivity index (χ1n) is 4.87. The first-order chi connectivity index (χ1) is 7.68. The van der Waals surface area contributed by atoms with Gasteiger partial charge in [0.2, 0.25) is 6.61 Å². The molecule has 0 unspecified atom stereocenters. The third-order valence-electron chi connectivity index (χ3n) is 2.40. The van der Waals surface area contributed by atoms with Crippen LogP contribution in [0, 0.1) is 0 Å². The number of oxime groups is 1. The summed E-state index contributed by atoms with van der Waals surface area (Å²) in [5.74, 6) is -1.02. The van der Waals surface area contributed by atoms with Crippen LogP contribution >= 0.6 is 15.9 Å². The summed E-state index contributed by atoms with van der Waals surface area (Å²) < 4.78 is 1.06. The smallest absolute Gasteiger partial charge is 0.344 e. The lowest BCUT2D eigenvalue weighted by Gasteiger charge is -2.01. The van der Waals surface area contributed by atoms with Crippen molar-refractivity contribution in [1.29, 1.82) is 0 Å². The van der Waals surface area contributed by atoms with Crippen molar-refractivity contribution in [1.82, 2.24) is 0 Å². The van der Waals surface area contributed by atoms with E-state index in [1.54, 1.807) is 0 Å². The van der Waals surface area contributed by atoms with Crippen LogP contribution in [0.5, 0.6) is 0 Å². The molecule has 4 nitrogen and oxygen atoms in total. The maximum Gasteiger partial charge on any atom is 0.344 e. The van der Waals surface area contributed by atoms with Gasteiger partial charge in [-0.15, -0.1) is 0 Å². The Morgan fingerprint density at radius 2 is 2.31 bits per heavy atom. The second-order valence-corrected chi connectivity index (χ2v) is 4.33. The lowest BCUT2D eigenvalue weighted by molar-refractivity contribution is -0.142. The van der Waals surface area contributed by atoms with E-state index in [1.807, 2.05) is 18.2 Å². The number of rotatable bonds is 3. The fourth-order valence-corrected chi connectivity index (χ4v) is 2.29. The quantitative estimate of drug-likeness (QED) is 0.866. The van der Waals surface area contributed by atoms with Gasteiger partial charge in [-0.05, 0) is 24.5 Å². The lowest BCUT2D eigenvalue weighted by Crippen LogP contribution is -2.05. The minimum atomic E-state index is -1.02. The number of aliphatic carboxylic acids is 1. The molecule has 84 valence electrons. The number of hydrogen-bond donors (Lipinski definition) is 1. The molecule has 16 heavy (non-hydrogen) atoms. The van der Waals surface area contributed by atoms with Crippen molar-refractivity contribution in [3.05, 3.63) is 33.8 Å². The zero-order valence-corrected chi connectivity index (χ0v) is 10.0. The number of nitrogens with zero attached hydrogens (tertiary/aromatic N) is 1. The summed E-state index contributed by atoms with van der Waals surface area (Å²) in [6, 6.07) is 5.89. The van der Waals surface area contributed by atoms with E-state index < -0.39 is 12.6 Å². The Balaban J connectivity index is 2.17. The molecular formula is C11H10BrNO3. The summed E-state index contributed by atoms with van der Waals surface area (Å²) in [5.41, 5.74) is 3.07. The molecule has 0 saturated carbocycles. The van der Waals surface area contributed by atoms with Crippen molar-refractivity contribution in [2.45, 2.75) is 12.8 Å². The number of halogens is 1. The van der Waals surface area contributed by atoms with Gasteiger partial charge < -0.3 is 9.94 Å². The predicted molar refractivity (Wildman–Crippen MR) is 62.6 cm³/mol. The van der Waals surface area contributed by atoms with Crippen molar-refractivity contribution in [3.8, 4) is 0 Å². The summed E-state index contributed by atoms with van der Waals surface area (Å²) >= 11 is 3.48. The Labute approximate surface area is 101 Å². The Hall–Kier alpha value is -1.36. The molecule has 1 aliphatic carbocycles. The summed E-state index contributed by atoms with van der Waals surface area (Å²) in [6.45, 7) is -0.396. The standard InChI is InChI=1S/C11H10BrNO3/c12-9-3-1-2-8-7(9)4-5-10(8)13-16-6-11(14)15/h1-3H,4-6H2,(H,14,15)/b13-10-. The number of carboxylic acids is 1. The number of carboxylic acid groups (broad SMARTS) is 1. The highest BCUT2D eigenvalue weighted by atomic mass is 79.9. The van der Waals surface area contributed by atoms with E-state index in [4.69, 9.17) is 9.94 Å². The summed E-state index contributed by atoms with van der Waals surface area (Å²) in [4.78, 5) is 15.0. The Kier molecular flexibility index (Phi) is 3.24. The van der Waals surface area contributed by atoms with Gasteiger partial charge in [-0.25, -0.2) is 4.79 Å². The molecular weight excluding hydrogens is 274 g/mol. The monoisotopic (exact) mass is 283 g/mol. The van der Waals surface area contributed by atoms with Crippen LogP contribution in [-0.4, -0.2) is 23.4 Å². The highest BCUT2D eigenvalue weighted by Crippen LogP contribution is 2.29. The minimum absolute atomic E-state index is 0.396. The summed E-state index contributed by atoms with van der Waals surface area (Å²) in [5, 5.41) is 12.3. The van der Waals surface area contributed by atoms with Crippen molar-refractivity contribution in [2.75, 3.05) is 6.61 Å². The van der Waals surface area contributed by atoms with Crippen LogP contribution < -0.4 is 0 Å². The molecule has 0 amide bonds. The van der Waals surface area contributed by atoms with Gasteiger partial charge in [-0.1, -0.05) is 33.2 Å². The van der Waals surface area contributed by atoms with Crippen LogP contribution in [0.25, 0.3) is 0 Å². The lowest BCUT2D eigenvalue weighted by atomic mass is 10.1. The Morgan fingerprint density at radius 1 is 1.50 bits per heavy atom. The zero-order chi connectivity index (χ0) is 11.5. The molecule has 1 aromatic rings. The molecule has 0 spiro atoms. The highest BCUT2D eigenvalue weighted by molar-refractivity contribution is 9.10. The molecule has 1 aromatic carbocycles. The van der Waals surface area contributed by atoms with E-state index in [0.29, 0.717) is 0 Å². The zero-order valence-electron chi connectivity index (χ0n) is 8.44. The van der Waals surface area contributed by atoms with Gasteiger partial charge in [-0.2, -0.15) is 0 Å². The molecule has 0 atom stereocenters. The van der Waals surface area contributed by atoms with E-state index in [1.165, 1.54) is 5.56 Å². The first kappa shape index (κ1) is 11.1. The van der Waals surface area contributed by atoms with Gasteiger partial charge in [0.15, 0.2) is 0 Å². The topological polar surface area (TPSA) is 58.9 Å². The van der Waals surface area contributed by atoms with Crippen LogP contribution in [0.1, 0.15) is 17.5 Å². The fraction of sp³-hybridized carbons (Fsp3) is 0.273. The van der Waals surface area contributed by atoms with Crippen LogP contribution in [0.3, 0.4) is 0 Å². The van der Waals surface area contributed by atoms with Gasteiger partial charge in [0.05, 0.1) is 5.71 Å². The van der Waals surface area contributed by atoms with Gasteiger partial charge in [0.25, 0.3) is 0 Å². The van der Waals surface area contributed by atoms with E-state index in [-0.39, 0.29) is 0 Å². The van der Waals surface area contributed by atoms with Crippen molar-refractivity contribution in [3.63, 3.8) is 0 Å². The second-order valence-electron chi connectivity index (χ2n) is 3.47. The number of carbonyl (C=O) groups is 1. The normalized spacial score (nSPS) is 16.2. The number of fused-ring (bicyclic) bond motifs is 1. The third-order valence-corrected chi connectivity index (χ3v) is 3.15. The molecule has 1 aliphatic rings. The molecule has 0 aliphatic heterocycles. The summed E-state index contributed by atoms with van der Waals surface area (Å²) in [7, 11) is 0. The third kappa shape index (κ3) is 2.24. The van der Waals surface area contributed by atoms with Crippen molar-refractivity contribution in [2.24, 2.45) is 5.16 Å². The Bertz CT molecular complexity index is 457. The maximum absolute atomic E-state index is 10.3. The average molecular weight is 284 g/mol. The minimum Gasteiger partial charge on any atom is -0.479 e. The molecule has 0 aromatic heterocycles. The molecule has 1 N–H and O–H groups in total. The van der Waals surface area contributed by atoms with Crippen LogP contribution in [0.2, 0.25) is 0 Å². The Morgan fingerprint density at radius 3 is 3.06 bits per heavy atom. The molecule has 0 heterocycles. The van der Waals surface area contributed by atoms with Crippen LogP contribution in [-0.2, 0) is 16.1 Å². The molecule has 0 bridgehead atoms. The molecule has 0 saturated heterocycles. The maximum atomic E-state index is 10.3. The van der Waals surface area contributed by atoms with E-state index >= 15 is 0 Å². The van der Waals surface area contributed by atoms with Gasteiger partial charge >= 0.3 is 5.97 Å². The molecule has 0 radical (unpaired) electrons. The van der Waals surface area contributed by atoms with Crippen molar-refractivity contribution < 1.29 is 14.7 Å². The van der Waals surface area contributed by atoms with Gasteiger partial charge in [0.1, 0.15) is 0 Å². The second kappa shape index (κ2) is 4.65. The number of benzene rings is 1. The van der Waals surface area contributed by atoms with Gasteiger partial charge in [-0.3, -0.25) is 0 Å². The molecule has 0 fully saturated rings. The average Bonchev–Trinajstić information content (AvgIpc) is 2.63. The number of hydrogen-bond acceptors (Lipinski definition) is 3. The van der Waals surface area contributed by atoms with E-state index in [2.05, 4.69) is 21.1 Å². The first-order valence-corrected chi connectivity index (χ1v) is 5.66. The summed E-state index contributed by atoms with van der Waals surface area (Å²) in [6.07, 6.45) is 1.70. The molecule has 2 rings (SSSR count). The van der Waals surface area contributed by atoms with E-state index in [0.717, 1.165) is 28.6 Å². The highest BCUT2D eigenvalue weighted by Gasteiger charge is 2.20. The largest absolute Gasteiger partial charge is 0.479 e. The fourth-order valence-electron chi connectivity index (χ4n) is 1.72. The van der Waals surface area contributed by atoms with Crippen molar-refractivity contribution >= 4 is 27.6 Å². The SMILES string of the molecule is O=C(O)CO/N=C1/CCc2c(Br)cccc21. The van der Waals surface area contributed by atoms with Crippen LogP contribution in [0.15, 0.2) is 27.8 Å². The van der Waals surface area contributed by atoms with Crippen LogP contribution in [0.4, 0.5) is 0 Å². The predicted octanol–water partition coefficient (Wildman–Crippen LogP) is 2.20.